The number of halogens is 1. The van der Waals surface area contributed by atoms with Crippen molar-refractivity contribution in [1.29, 1.82) is 0 Å². The van der Waals surface area contributed by atoms with E-state index in [0.29, 0.717) is 17.6 Å². The molecule has 12 heavy (non-hydrogen) atoms. The lowest BCUT2D eigenvalue weighted by Crippen LogP contribution is -3.00. The number of aliphatic hydroxyl groups excluding tert-OH is 2. The van der Waals surface area contributed by atoms with Crippen molar-refractivity contribution in [2.24, 2.45) is 0 Å². The number of hydrogen-bond donors (Lipinski definition) is 2. The van der Waals surface area contributed by atoms with Crippen molar-refractivity contribution in [3.8, 4) is 0 Å². The van der Waals surface area contributed by atoms with Crippen molar-refractivity contribution in [3.63, 3.8) is 0 Å². The molecule has 4 heteroatoms. The van der Waals surface area contributed by atoms with E-state index in [0.717, 1.165) is 0 Å². The molecule has 0 aliphatic rings. The van der Waals surface area contributed by atoms with Gasteiger partial charge in [-0.15, -0.1) is 0 Å². The third kappa shape index (κ3) is 8.27. The monoisotopic (exact) mass is 197 g/mol. The summed E-state index contributed by atoms with van der Waals surface area (Å²) in [5.41, 5.74) is 0. The van der Waals surface area contributed by atoms with Gasteiger partial charge in [0, 0.05) is 0 Å². The highest BCUT2D eigenvalue weighted by Crippen LogP contribution is 2.01. The molecule has 0 amide bonds. The third-order valence-corrected chi connectivity index (χ3v) is 1.52. The highest BCUT2D eigenvalue weighted by molar-refractivity contribution is 4.47. The summed E-state index contributed by atoms with van der Waals surface area (Å²) in [6.45, 7) is 4.90. The van der Waals surface area contributed by atoms with Gasteiger partial charge in [-0.25, -0.2) is 0 Å². The summed E-state index contributed by atoms with van der Waals surface area (Å²) in [4.78, 5) is 0. The minimum absolute atomic E-state index is 0. The van der Waals surface area contributed by atoms with Crippen molar-refractivity contribution >= 4 is 0 Å². The summed E-state index contributed by atoms with van der Waals surface area (Å²) in [6.07, 6.45) is -0.604. The molecule has 0 rings (SSSR count). The minimum Gasteiger partial charge on any atom is -1.00 e. The zero-order valence-corrected chi connectivity index (χ0v) is 9.04. The molecule has 0 aliphatic carbocycles. The molecule has 0 aromatic carbocycles. The number of hydrogen-bond acceptors (Lipinski definition) is 2. The fourth-order valence-corrected chi connectivity index (χ4v) is 1.51. The molecule has 76 valence electrons. The summed E-state index contributed by atoms with van der Waals surface area (Å²) >= 11 is 0. The summed E-state index contributed by atoms with van der Waals surface area (Å²) in [5.74, 6) is 0. The van der Waals surface area contributed by atoms with Crippen LogP contribution in [-0.4, -0.2) is 54.1 Å². The van der Waals surface area contributed by atoms with Gasteiger partial charge in [-0.3, -0.25) is 0 Å². The zero-order valence-electron chi connectivity index (χ0n) is 8.29. The van der Waals surface area contributed by atoms with Crippen molar-refractivity contribution in [2.45, 2.75) is 26.1 Å². The topological polar surface area (TPSA) is 40.5 Å². The van der Waals surface area contributed by atoms with Crippen molar-refractivity contribution in [3.05, 3.63) is 0 Å². The highest BCUT2D eigenvalue weighted by Gasteiger charge is 2.19. The number of likely N-dealkylation sites (N-methyl/N-ethyl adjacent to an activating group) is 1. The van der Waals surface area contributed by atoms with E-state index in [-0.39, 0.29) is 24.6 Å². The number of aliphatic hydroxyl groups is 2. The Labute approximate surface area is 81.0 Å². The maximum Gasteiger partial charge on any atom is 0.104 e. The van der Waals surface area contributed by atoms with Gasteiger partial charge in [-0.05, 0) is 13.8 Å². The number of rotatable bonds is 4. The van der Waals surface area contributed by atoms with Crippen molar-refractivity contribution in [1.82, 2.24) is 0 Å². The fourth-order valence-electron chi connectivity index (χ4n) is 1.51. The van der Waals surface area contributed by atoms with Crippen LogP contribution >= 0.6 is 0 Å². The first-order valence-corrected chi connectivity index (χ1v) is 4.01. The maximum absolute atomic E-state index is 9.10. The first-order chi connectivity index (χ1) is 4.83. The summed E-state index contributed by atoms with van der Waals surface area (Å²) in [5, 5.41) is 18.2. The van der Waals surface area contributed by atoms with E-state index in [1.807, 2.05) is 14.1 Å². The van der Waals surface area contributed by atoms with Crippen LogP contribution in [0.5, 0.6) is 0 Å². The van der Waals surface area contributed by atoms with Gasteiger partial charge >= 0.3 is 0 Å². The first-order valence-electron chi connectivity index (χ1n) is 4.01. The Bertz CT molecular complexity index is 104. The Morgan fingerprint density at radius 3 is 1.42 bits per heavy atom. The van der Waals surface area contributed by atoms with Crippen LogP contribution in [0.2, 0.25) is 0 Å². The second-order valence-corrected chi connectivity index (χ2v) is 4.00. The van der Waals surface area contributed by atoms with E-state index in [4.69, 9.17) is 10.2 Å². The van der Waals surface area contributed by atoms with Crippen LogP contribution in [0, 0.1) is 0 Å². The first kappa shape index (κ1) is 14.7. The average Bonchev–Trinajstić information content (AvgIpc) is 1.53. The van der Waals surface area contributed by atoms with Crippen LogP contribution in [0.4, 0.5) is 0 Å². The third-order valence-electron chi connectivity index (χ3n) is 1.52. The van der Waals surface area contributed by atoms with E-state index in [1.165, 1.54) is 0 Å². The molecule has 0 aromatic heterocycles. The molecule has 0 heterocycles. The molecule has 0 saturated heterocycles. The number of quaternary nitrogens is 1. The molecule has 0 saturated carbocycles. The van der Waals surface area contributed by atoms with Crippen LogP contribution < -0.4 is 12.4 Å². The second kappa shape index (κ2) is 5.75. The largest absolute Gasteiger partial charge is 1.00 e. The van der Waals surface area contributed by atoms with E-state index in [1.54, 1.807) is 13.8 Å². The fraction of sp³-hybridized carbons (Fsp3) is 1.00. The van der Waals surface area contributed by atoms with Crippen LogP contribution in [0.1, 0.15) is 13.8 Å². The van der Waals surface area contributed by atoms with Gasteiger partial charge in [0.05, 0.1) is 14.1 Å². The normalized spacial score (nSPS) is 16.5. The van der Waals surface area contributed by atoms with Gasteiger partial charge in [0.2, 0.25) is 0 Å². The summed E-state index contributed by atoms with van der Waals surface area (Å²) in [7, 11) is 4.00. The average molecular weight is 198 g/mol. The van der Waals surface area contributed by atoms with Crippen LogP contribution in [-0.2, 0) is 0 Å². The second-order valence-electron chi connectivity index (χ2n) is 4.00. The summed E-state index contributed by atoms with van der Waals surface area (Å²) in [6, 6.07) is 0. The maximum atomic E-state index is 9.10. The van der Waals surface area contributed by atoms with Gasteiger partial charge in [0.15, 0.2) is 0 Å². The Balaban J connectivity index is 0. The van der Waals surface area contributed by atoms with Crippen molar-refractivity contribution < 1.29 is 27.1 Å². The molecule has 2 atom stereocenters. The molecular formula is C8H20ClNO2. The smallest absolute Gasteiger partial charge is 0.104 e. The van der Waals surface area contributed by atoms with Crippen LogP contribution in [0.3, 0.4) is 0 Å². The molecular weight excluding hydrogens is 178 g/mol. The van der Waals surface area contributed by atoms with E-state index >= 15 is 0 Å². The van der Waals surface area contributed by atoms with Gasteiger partial charge in [-0.2, -0.15) is 0 Å². The summed E-state index contributed by atoms with van der Waals surface area (Å²) < 4.78 is 0.662. The molecule has 3 nitrogen and oxygen atoms in total. The number of nitrogens with zero attached hydrogens (tertiary/aromatic N) is 1. The predicted molar refractivity (Wildman–Crippen MR) is 45.2 cm³/mol. The van der Waals surface area contributed by atoms with Gasteiger partial charge in [0.25, 0.3) is 0 Å². The van der Waals surface area contributed by atoms with E-state index in [2.05, 4.69) is 0 Å². The quantitative estimate of drug-likeness (QED) is 0.467. The standard InChI is InChI=1S/C8H20NO2.ClH/c1-7(10)5-9(3,4)6-8(2)11;/h7-8,10-11H,5-6H2,1-4H3;1H/q+1;/p-1. The molecule has 2 N–H and O–H groups in total. The van der Waals surface area contributed by atoms with E-state index in [9.17, 15) is 0 Å². The van der Waals surface area contributed by atoms with E-state index < -0.39 is 0 Å². The zero-order chi connectivity index (χ0) is 9.07. The molecule has 0 radical (unpaired) electrons. The Kier molecular flexibility index (Phi) is 7.04. The van der Waals surface area contributed by atoms with Crippen LogP contribution in [0.15, 0.2) is 0 Å². The lowest BCUT2D eigenvalue weighted by molar-refractivity contribution is -0.895. The molecule has 0 fully saturated rings. The molecule has 0 bridgehead atoms. The Hall–Kier alpha value is 0.170. The minimum atomic E-state index is -0.302. The molecule has 0 aliphatic heterocycles. The van der Waals surface area contributed by atoms with Gasteiger partial charge in [-0.1, -0.05) is 0 Å². The predicted octanol–water partition coefficient (Wildman–Crippen LogP) is -3.17. The molecule has 0 spiro atoms. The van der Waals surface area contributed by atoms with Gasteiger partial charge < -0.3 is 27.1 Å². The Morgan fingerprint density at radius 2 is 1.25 bits per heavy atom. The highest BCUT2D eigenvalue weighted by atomic mass is 35.5. The molecule has 0 aromatic rings. The van der Waals surface area contributed by atoms with Crippen molar-refractivity contribution in [2.75, 3.05) is 27.2 Å². The lowest BCUT2D eigenvalue weighted by Gasteiger charge is -2.31. The Morgan fingerprint density at radius 1 is 1.00 bits per heavy atom. The lowest BCUT2D eigenvalue weighted by atomic mass is 10.3. The van der Waals surface area contributed by atoms with Crippen LogP contribution in [0.25, 0.3) is 0 Å². The molecule has 2 unspecified atom stereocenters. The van der Waals surface area contributed by atoms with Gasteiger partial charge in [0.1, 0.15) is 25.3 Å². The SMILES string of the molecule is CC(O)C[N+](C)(C)CC(C)O.[Cl-].